The van der Waals surface area contributed by atoms with Crippen LogP contribution in [0, 0.1) is 5.92 Å². The van der Waals surface area contributed by atoms with Crippen molar-refractivity contribution < 1.29 is 9.18 Å². The van der Waals surface area contributed by atoms with E-state index in [4.69, 9.17) is 11.6 Å². The van der Waals surface area contributed by atoms with Gasteiger partial charge in [-0.3, -0.25) is 4.79 Å². The Morgan fingerprint density at radius 3 is 2.20 bits per heavy atom. The van der Waals surface area contributed by atoms with Gasteiger partial charge in [-0.1, -0.05) is 19.3 Å². The zero-order valence-electron chi connectivity index (χ0n) is 15.2. The average molecular weight is 390 g/mol. The van der Waals surface area contributed by atoms with Gasteiger partial charge in [0.15, 0.2) is 0 Å². The summed E-state index contributed by atoms with van der Waals surface area (Å²) in [6.07, 6.45) is 12.8. The summed E-state index contributed by atoms with van der Waals surface area (Å²) in [7, 11) is 0. The fraction of sp³-hybridized carbons (Fsp3) is 0.950. The van der Waals surface area contributed by atoms with Crippen LogP contribution in [0.1, 0.15) is 83.5 Å². The smallest absolute Gasteiger partial charge is 0.233 e. The van der Waals surface area contributed by atoms with E-state index >= 15 is 0 Å². The van der Waals surface area contributed by atoms with E-state index in [1.807, 2.05) is 11.8 Å². The van der Waals surface area contributed by atoms with Crippen molar-refractivity contribution in [3.8, 4) is 0 Å². The molecule has 3 rings (SSSR count). The molecule has 3 aliphatic carbocycles. The van der Waals surface area contributed by atoms with Crippen molar-refractivity contribution in [2.24, 2.45) is 5.92 Å². The summed E-state index contributed by atoms with van der Waals surface area (Å²) < 4.78 is 13.4. The van der Waals surface area contributed by atoms with E-state index in [0.29, 0.717) is 29.4 Å². The van der Waals surface area contributed by atoms with Gasteiger partial charge in [-0.25, -0.2) is 4.39 Å². The van der Waals surface area contributed by atoms with Gasteiger partial charge < -0.3 is 5.32 Å². The molecule has 3 fully saturated rings. The van der Waals surface area contributed by atoms with Crippen LogP contribution in [0.5, 0.6) is 0 Å². The van der Waals surface area contributed by atoms with Crippen molar-refractivity contribution >= 4 is 29.3 Å². The van der Waals surface area contributed by atoms with Gasteiger partial charge in [0.2, 0.25) is 5.91 Å². The maximum atomic E-state index is 13.4. The Labute approximate surface area is 161 Å². The molecule has 1 N–H and O–H groups in total. The van der Waals surface area contributed by atoms with Crippen LogP contribution in [0.2, 0.25) is 0 Å². The van der Waals surface area contributed by atoms with E-state index in [9.17, 15) is 9.18 Å². The Bertz CT molecular complexity index is 416. The number of amides is 1. The lowest BCUT2D eigenvalue weighted by atomic mass is 9.86. The Morgan fingerprint density at radius 1 is 0.920 bits per heavy atom. The molecule has 0 aromatic rings. The number of rotatable bonds is 5. The predicted octanol–water partition coefficient (Wildman–Crippen LogP) is 5.62. The van der Waals surface area contributed by atoms with Crippen molar-refractivity contribution in [1.29, 1.82) is 0 Å². The summed E-state index contributed by atoms with van der Waals surface area (Å²) in [5, 5.41) is 4.27. The lowest BCUT2D eigenvalue weighted by molar-refractivity contribution is -0.122. The highest BCUT2D eigenvalue weighted by atomic mass is 35.5. The fourth-order valence-electron chi connectivity index (χ4n) is 4.67. The Morgan fingerprint density at radius 2 is 1.56 bits per heavy atom. The maximum absolute atomic E-state index is 13.4. The summed E-state index contributed by atoms with van der Waals surface area (Å²) in [6, 6.07) is 0.185. The minimum atomic E-state index is -0.664. The number of alkyl halides is 2. The van der Waals surface area contributed by atoms with E-state index in [1.54, 1.807) is 0 Å². The summed E-state index contributed by atoms with van der Waals surface area (Å²) in [6.45, 7) is 0. The molecular weight excluding hydrogens is 357 g/mol. The molecule has 25 heavy (non-hydrogen) atoms. The normalized spacial score (nSPS) is 35.9. The van der Waals surface area contributed by atoms with Crippen LogP contribution < -0.4 is 5.32 Å². The molecule has 0 heterocycles. The Kier molecular flexibility index (Phi) is 7.78. The molecule has 1 atom stereocenters. The van der Waals surface area contributed by atoms with Crippen molar-refractivity contribution in [3.05, 3.63) is 0 Å². The summed E-state index contributed by atoms with van der Waals surface area (Å²) in [5.74, 6) is 0.747. The van der Waals surface area contributed by atoms with Gasteiger partial charge in [0, 0.05) is 16.7 Å². The first-order valence-electron chi connectivity index (χ1n) is 10.4. The second kappa shape index (κ2) is 9.82. The van der Waals surface area contributed by atoms with Gasteiger partial charge >= 0.3 is 0 Å². The molecule has 0 aromatic heterocycles. The molecule has 0 radical (unpaired) electrons. The van der Waals surface area contributed by atoms with Crippen LogP contribution in [-0.4, -0.2) is 34.0 Å². The number of carbonyl (C=O) groups is 1. The molecule has 3 saturated carbocycles. The van der Waals surface area contributed by atoms with Crippen LogP contribution >= 0.6 is 23.4 Å². The zero-order chi connectivity index (χ0) is 17.6. The molecule has 0 saturated heterocycles. The molecule has 0 aromatic carbocycles. The largest absolute Gasteiger partial charge is 0.352 e. The molecular formula is C20H33ClFNOS. The highest BCUT2D eigenvalue weighted by Crippen LogP contribution is 2.39. The molecule has 0 bridgehead atoms. The standard InChI is InChI=1S/C20H33ClFNOS/c21-15-6-12-18(13-7-15)25-19(14-4-2-1-3-5-14)20(24)23-17-10-8-16(22)9-11-17/h14-19H,1-13H2,(H,23,24). The van der Waals surface area contributed by atoms with Gasteiger partial charge in [0.25, 0.3) is 0 Å². The third-order valence-corrected chi connectivity index (χ3v) is 8.47. The number of halogens is 2. The average Bonchev–Trinajstić information content (AvgIpc) is 2.64. The van der Waals surface area contributed by atoms with E-state index in [2.05, 4.69) is 5.32 Å². The topological polar surface area (TPSA) is 29.1 Å². The van der Waals surface area contributed by atoms with Gasteiger partial charge in [-0.05, 0) is 70.1 Å². The minimum Gasteiger partial charge on any atom is -0.352 e. The first-order chi connectivity index (χ1) is 12.1. The maximum Gasteiger partial charge on any atom is 0.233 e. The van der Waals surface area contributed by atoms with E-state index in [1.165, 1.54) is 32.1 Å². The molecule has 1 unspecified atom stereocenters. The van der Waals surface area contributed by atoms with Gasteiger partial charge in [0.05, 0.1) is 5.25 Å². The number of hydrogen-bond donors (Lipinski definition) is 1. The fourth-order valence-corrected chi connectivity index (χ4v) is 6.57. The predicted molar refractivity (Wildman–Crippen MR) is 105 cm³/mol. The van der Waals surface area contributed by atoms with Gasteiger partial charge in [0.1, 0.15) is 6.17 Å². The quantitative estimate of drug-likeness (QED) is 0.618. The first kappa shape index (κ1) is 19.8. The third kappa shape index (κ3) is 6.02. The highest BCUT2D eigenvalue weighted by molar-refractivity contribution is 8.01. The van der Waals surface area contributed by atoms with E-state index in [0.717, 1.165) is 38.5 Å². The van der Waals surface area contributed by atoms with Crippen LogP contribution in [0.4, 0.5) is 4.39 Å². The molecule has 144 valence electrons. The van der Waals surface area contributed by atoms with E-state index in [-0.39, 0.29) is 17.2 Å². The Hall–Kier alpha value is 0.0400. The first-order valence-corrected chi connectivity index (χ1v) is 11.7. The summed E-state index contributed by atoms with van der Waals surface area (Å²) >= 11 is 8.18. The van der Waals surface area contributed by atoms with E-state index < -0.39 is 6.17 Å². The van der Waals surface area contributed by atoms with Crippen molar-refractivity contribution in [1.82, 2.24) is 5.32 Å². The molecule has 5 heteroatoms. The van der Waals surface area contributed by atoms with Crippen LogP contribution in [0.25, 0.3) is 0 Å². The summed E-state index contributed by atoms with van der Waals surface area (Å²) in [4.78, 5) is 13.1. The van der Waals surface area contributed by atoms with Crippen molar-refractivity contribution in [2.75, 3.05) is 0 Å². The van der Waals surface area contributed by atoms with Crippen LogP contribution in [0.3, 0.4) is 0 Å². The number of nitrogens with one attached hydrogen (secondary N) is 1. The lowest BCUT2D eigenvalue weighted by Crippen LogP contribution is -2.45. The second-order valence-corrected chi connectivity index (χ2v) is 10.4. The summed E-state index contributed by atoms with van der Waals surface area (Å²) in [5.41, 5.74) is 0. The van der Waals surface area contributed by atoms with Crippen molar-refractivity contribution in [2.45, 2.75) is 112 Å². The van der Waals surface area contributed by atoms with Gasteiger partial charge in [-0.15, -0.1) is 23.4 Å². The third-order valence-electron chi connectivity index (χ3n) is 6.28. The van der Waals surface area contributed by atoms with Crippen molar-refractivity contribution in [3.63, 3.8) is 0 Å². The zero-order valence-corrected chi connectivity index (χ0v) is 16.8. The molecule has 0 aliphatic heterocycles. The minimum absolute atomic E-state index is 0.0836. The molecule has 3 aliphatic rings. The Balaban J connectivity index is 1.57. The molecule has 1 amide bonds. The monoisotopic (exact) mass is 389 g/mol. The highest BCUT2D eigenvalue weighted by Gasteiger charge is 2.35. The van der Waals surface area contributed by atoms with Crippen LogP contribution in [0.15, 0.2) is 0 Å². The number of hydrogen-bond acceptors (Lipinski definition) is 2. The second-order valence-electron chi connectivity index (χ2n) is 8.29. The molecule has 2 nitrogen and oxygen atoms in total. The van der Waals surface area contributed by atoms with Gasteiger partial charge in [-0.2, -0.15) is 0 Å². The van der Waals surface area contributed by atoms with Crippen LogP contribution in [-0.2, 0) is 4.79 Å². The number of thioether (sulfide) groups is 1. The number of carbonyl (C=O) groups excluding carboxylic acids is 1. The lowest BCUT2D eigenvalue weighted by Gasteiger charge is -2.35. The molecule has 0 spiro atoms. The SMILES string of the molecule is O=C(NC1CCC(F)CC1)C(SC1CCC(Cl)CC1)C1CCCCC1.